The van der Waals surface area contributed by atoms with Gasteiger partial charge in [-0.25, -0.2) is 0 Å². The van der Waals surface area contributed by atoms with Crippen LogP contribution in [0.4, 0.5) is 0 Å². The molecule has 0 fully saturated rings. The highest BCUT2D eigenvalue weighted by Crippen LogP contribution is 2.48. The molecule has 3 aliphatic carbocycles. The summed E-state index contributed by atoms with van der Waals surface area (Å²) in [5, 5.41) is 0. The van der Waals surface area contributed by atoms with Crippen LogP contribution < -0.4 is 0 Å². The van der Waals surface area contributed by atoms with E-state index in [1.807, 2.05) is 12.2 Å². The maximum absolute atomic E-state index is 11.9. The molecule has 0 heterocycles. The molecule has 2 unspecified atom stereocenters. The van der Waals surface area contributed by atoms with Crippen LogP contribution in [0.5, 0.6) is 0 Å². The summed E-state index contributed by atoms with van der Waals surface area (Å²) in [5.74, 6) is 1.56. The van der Waals surface area contributed by atoms with Crippen molar-refractivity contribution < 1.29 is 9.53 Å². The molecule has 3 rings (SSSR count). The normalized spacial score (nSPS) is 36.9. The molecule has 0 saturated carbocycles. The summed E-state index contributed by atoms with van der Waals surface area (Å²) in [6, 6.07) is 0. The lowest BCUT2D eigenvalue weighted by Gasteiger charge is -2.32. The minimum absolute atomic E-state index is 0.0647. The topological polar surface area (TPSA) is 26.3 Å². The van der Waals surface area contributed by atoms with Crippen molar-refractivity contribution in [2.45, 2.75) is 26.2 Å². The molecule has 3 aliphatic rings. The molecule has 0 amide bonds. The highest BCUT2D eigenvalue weighted by Gasteiger charge is 2.38. The van der Waals surface area contributed by atoms with Gasteiger partial charge in [-0.3, -0.25) is 4.79 Å². The number of hydrogen-bond donors (Lipinski definition) is 0. The fourth-order valence-electron chi connectivity index (χ4n) is 3.31. The van der Waals surface area contributed by atoms with Crippen LogP contribution in [0.25, 0.3) is 0 Å². The summed E-state index contributed by atoms with van der Waals surface area (Å²) in [6.45, 7) is 2.26. The van der Waals surface area contributed by atoms with Crippen LogP contribution in [0, 0.1) is 11.3 Å². The Morgan fingerprint density at radius 1 is 1.39 bits per heavy atom. The smallest absolute Gasteiger partial charge is 0.156 e. The Labute approximate surface area is 108 Å². The second-order valence-corrected chi connectivity index (χ2v) is 5.65. The molecule has 18 heavy (non-hydrogen) atoms. The number of methoxy groups -OCH3 is 1. The van der Waals surface area contributed by atoms with Crippen LogP contribution in [-0.2, 0) is 9.53 Å². The zero-order valence-corrected chi connectivity index (χ0v) is 10.9. The zero-order chi connectivity index (χ0) is 12.8. The number of carbonyl (C=O) groups excluding carboxylic acids is 1. The van der Waals surface area contributed by atoms with Gasteiger partial charge in [0.05, 0.1) is 7.11 Å². The Hall–Kier alpha value is -1.57. The molecule has 0 saturated heterocycles. The maximum atomic E-state index is 11.9. The third-order valence-electron chi connectivity index (χ3n) is 4.23. The first-order chi connectivity index (χ1) is 8.60. The van der Waals surface area contributed by atoms with E-state index < -0.39 is 0 Å². The maximum Gasteiger partial charge on any atom is 0.156 e. The molecule has 0 aromatic rings. The molecule has 2 bridgehead atoms. The van der Waals surface area contributed by atoms with E-state index in [0.29, 0.717) is 12.3 Å². The van der Waals surface area contributed by atoms with Gasteiger partial charge in [-0.15, -0.1) is 0 Å². The highest BCUT2D eigenvalue weighted by molar-refractivity contribution is 5.92. The molecule has 0 aliphatic heterocycles. The van der Waals surface area contributed by atoms with Crippen molar-refractivity contribution in [1.29, 1.82) is 0 Å². The van der Waals surface area contributed by atoms with E-state index >= 15 is 0 Å². The Kier molecular flexibility index (Phi) is 2.54. The summed E-state index contributed by atoms with van der Waals surface area (Å²) in [4.78, 5) is 11.9. The summed E-state index contributed by atoms with van der Waals surface area (Å²) in [5.41, 5.74) is 2.48. The third kappa shape index (κ3) is 1.76. The van der Waals surface area contributed by atoms with Crippen molar-refractivity contribution >= 4 is 5.78 Å². The molecule has 2 heteroatoms. The van der Waals surface area contributed by atoms with Crippen LogP contribution in [0.3, 0.4) is 0 Å². The van der Waals surface area contributed by atoms with Gasteiger partial charge in [-0.2, -0.15) is 0 Å². The Bertz CT molecular complexity index is 519. The molecule has 0 radical (unpaired) electrons. The number of rotatable bonds is 1. The minimum atomic E-state index is 0.0647. The largest absolute Gasteiger partial charge is 0.497 e. The van der Waals surface area contributed by atoms with Crippen molar-refractivity contribution in [1.82, 2.24) is 0 Å². The lowest BCUT2D eigenvalue weighted by atomic mass is 9.72. The molecule has 0 N–H and O–H groups in total. The number of fused-ring (bicyclic) bond motifs is 4. The minimum Gasteiger partial charge on any atom is -0.497 e. The van der Waals surface area contributed by atoms with Crippen LogP contribution in [0.1, 0.15) is 26.2 Å². The summed E-state index contributed by atoms with van der Waals surface area (Å²) in [7, 11) is 1.70. The standard InChI is InChI=1S/C16H18O2/c1-16-6-5-11(10-16)7-13(17)8-12-3-4-14(18-2)9-15(12)16/h4-6,8-9,11H,3,7,10H2,1-2H3/b12-8-. The summed E-state index contributed by atoms with van der Waals surface area (Å²) in [6.07, 6.45) is 13.0. The first-order valence-electron chi connectivity index (χ1n) is 6.50. The predicted molar refractivity (Wildman–Crippen MR) is 70.9 cm³/mol. The number of allylic oxidation sites excluding steroid dienone is 7. The zero-order valence-electron chi connectivity index (χ0n) is 10.9. The van der Waals surface area contributed by atoms with Gasteiger partial charge < -0.3 is 4.74 Å². The number of ether oxygens (including phenoxy) is 1. The van der Waals surface area contributed by atoms with Crippen molar-refractivity contribution in [2.75, 3.05) is 7.11 Å². The van der Waals surface area contributed by atoms with E-state index in [-0.39, 0.29) is 11.2 Å². The fourth-order valence-corrected chi connectivity index (χ4v) is 3.31. The van der Waals surface area contributed by atoms with Gasteiger partial charge in [-0.1, -0.05) is 19.1 Å². The molecule has 94 valence electrons. The average Bonchev–Trinajstić information content (AvgIpc) is 2.72. The van der Waals surface area contributed by atoms with Gasteiger partial charge in [0, 0.05) is 11.8 Å². The quantitative estimate of drug-likeness (QED) is 0.659. The van der Waals surface area contributed by atoms with Crippen molar-refractivity contribution in [3.63, 3.8) is 0 Å². The predicted octanol–water partition coefficient (Wildman–Crippen LogP) is 3.33. The fraction of sp³-hybridized carbons (Fsp3) is 0.438. The average molecular weight is 242 g/mol. The van der Waals surface area contributed by atoms with Crippen molar-refractivity contribution in [3.8, 4) is 0 Å². The highest BCUT2D eigenvalue weighted by atomic mass is 16.5. The lowest BCUT2D eigenvalue weighted by Crippen LogP contribution is -2.22. The van der Waals surface area contributed by atoms with Crippen LogP contribution in [0.2, 0.25) is 0 Å². The van der Waals surface area contributed by atoms with Gasteiger partial charge in [-0.05, 0) is 48.1 Å². The van der Waals surface area contributed by atoms with E-state index in [1.165, 1.54) is 5.57 Å². The first-order valence-corrected chi connectivity index (χ1v) is 6.50. The van der Waals surface area contributed by atoms with Gasteiger partial charge >= 0.3 is 0 Å². The van der Waals surface area contributed by atoms with Gasteiger partial charge in [0.2, 0.25) is 0 Å². The molecule has 2 nitrogen and oxygen atoms in total. The molecule has 0 aromatic carbocycles. The van der Waals surface area contributed by atoms with Gasteiger partial charge in [0.1, 0.15) is 5.76 Å². The van der Waals surface area contributed by atoms with E-state index in [0.717, 1.165) is 24.2 Å². The van der Waals surface area contributed by atoms with E-state index in [4.69, 9.17) is 4.74 Å². The SMILES string of the molecule is COC1=CC/C2=C/C(=O)CC3C=CC(C)(C3)C2=C1. The van der Waals surface area contributed by atoms with E-state index in [2.05, 4.69) is 25.2 Å². The monoisotopic (exact) mass is 242 g/mol. The van der Waals surface area contributed by atoms with Crippen LogP contribution >= 0.6 is 0 Å². The van der Waals surface area contributed by atoms with Crippen molar-refractivity contribution in [3.05, 3.63) is 47.3 Å². The Morgan fingerprint density at radius 2 is 2.22 bits per heavy atom. The summed E-state index contributed by atoms with van der Waals surface area (Å²) >= 11 is 0. The van der Waals surface area contributed by atoms with E-state index in [9.17, 15) is 4.79 Å². The van der Waals surface area contributed by atoms with E-state index in [1.54, 1.807) is 7.11 Å². The number of carbonyl (C=O) groups is 1. The summed E-state index contributed by atoms with van der Waals surface area (Å²) < 4.78 is 5.34. The van der Waals surface area contributed by atoms with Gasteiger partial charge in [0.15, 0.2) is 5.78 Å². The second-order valence-electron chi connectivity index (χ2n) is 5.65. The number of hydrogen-bond acceptors (Lipinski definition) is 2. The molecule has 2 atom stereocenters. The molecular weight excluding hydrogens is 224 g/mol. The molecule has 0 spiro atoms. The molecular formula is C16H18O2. The van der Waals surface area contributed by atoms with Crippen LogP contribution in [0.15, 0.2) is 47.3 Å². The van der Waals surface area contributed by atoms with Gasteiger partial charge in [0.25, 0.3) is 0 Å². The second kappa shape index (κ2) is 3.98. The Balaban J connectivity index is 2.11. The van der Waals surface area contributed by atoms with Crippen molar-refractivity contribution in [2.24, 2.45) is 11.3 Å². The first kappa shape index (κ1) is 11.5. The third-order valence-corrected chi connectivity index (χ3v) is 4.23. The van der Waals surface area contributed by atoms with Crippen LogP contribution in [-0.4, -0.2) is 12.9 Å². The lowest BCUT2D eigenvalue weighted by molar-refractivity contribution is -0.115. The molecule has 0 aromatic heterocycles. The number of ketones is 1. The Morgan fingerprint density at radius 3 is 3.00 bits per heavy atom.